The molecule has 0 saturated carbocycles. The van der Waals surface area contributed by atoms with Gasteiger partial charge in [-0.25, -0.2) is 0 Å². The fourth-order valence-corrected chi connectivity index (χ4v) is 2.52. The van der Waals surface area contributed by atoms with Crippen molar-refractivity contribution in [3.05, 3.63) is 52.5 Å². The molecule has 1 atom stereocenters. The van der Waals surface area contributed by atoms with Gasteiger partial charge < -0.3 is 14.8 Å². The topological polar surface area (TPSA) is 54.3 Å². The van der Waals surface area contributed by atoms with Gasteiger partial charge in [-0.1, -0.05) is 34.1 Å². The van der Waals surface area contributed by atoms with Gasteiger partial charge in [0, 0.05) is 15.7 Å². The number of methoxy groups -OCH3 is 2. The van der Waals surface area contributed by atoms with Crippen molar-refractivity contribution in [2.24, 2.45) is 0 Å². The number of benzene rings is 2. The lowest BCUT2D eigenvalue weighted by Crippen LogP contribution is -2.09. The molecule has 1 unspecified atom stereocenters. The highest BCUT2D eigenvalue weighted by Gasteiger charge is 2.17. The summed E-state index contributed by atoms with van der Waals surface area (Å²) in [5.74, 6) is 1.20. The predicted octanol–water partition coefficient (Wildman–Crippen LogP) is 4.14. The van der Waals surface area contributed by atoms with E-state index in [-0.39, 0.29) is 0 Å². The summed E-state index contributed by atoms with van der Waals surface area (Å²) in [6, 6.07) is 15.0. The van der Waals surface area contributed by atoms with Crippen LogP contribution in [0.5, 0.6) is 11.5 Å². The Hall–Kier alpha value is -2.19. The first-order valence-corrected chi connectivity index (χ1v) is 7.11. The molecule has 0 bridgehead atoms. The van der Waals surface area contributed by atoms with E-state index in [0.29, 0.717) is 11.5 Å². The smallest absolute Gasteiger partial charge is 0.161 e. The Balaban J connectivity index is 2.36. The van der Waals surface area contributed by atoms with Gasteiger partial charge in [-0.3, -0.25) is 0 Å². The molecular weight excluding hydrogens is 332 g/mol. The van der Waals surface area contributed by atoms with Crippen LogP contribution in [0.3, 0.4) is 0 Å². The molecule has 0 aliphatic carbocycles. The van der Waals surface area contributed by atoms with E-state index < -0.39 is 6.04 Å². The van der Waals surface area contributed by atoms with Crippen LogP contribution in [-0.4, -0.2) is 14.2 Å². The van der Waals surface area contributed by atoms with Crippen LogP contribution in [0.1, 0.15) is 11.6 Å². The number of para-hydroxylation sites is 1. The minimum Gasteiger partial charge on any atom is -0.493 e. The van der Waals surface area contributed by atoms with Crippen LogP contribution in [0, 0.1) is 11.3 Å². The second kappa shape index (κ2) is 7.00. The van der Waals surface area contributed by atoms with Crippen LogP contribution in [0.15, 0.2) is 46.9 Å². The number of ether oxygens (including phenoxy) is 2. The van der Waals surface area contributed by atoms with Crippen molar-refractivity contribution in [2.45, 2.75) is 6.04 Å². The van der Waals surface area contributed by atoms with Crippen LogP contribution in [0.4, 0.5) is 5.69 Å². The number of nitrogens with zero attached hydrogens (tertiary/aromatic N) is 1. The van der Waals surface area contributed by atoms with Crippen molar-refractivity contribution in [2.75, 3.05) is 19.5 Å². The van der Waals surface area contributed by atoms with Gasteiger partial charge in [0.1, 0.15) is 6.04 Å². The highest BCUT2D eigenvalue weighted by molar-refractivity contribution is 9.10. The lowest BCUT2D eigenvalue weighted by atomic mass is 10.1. The first-order valence-electron chi connectivity index (χ1n) is 6.32. The summed E-state index contributed by atoms with van der Waals surface area (Å²) in [5.41, 5.74) is 1.67. The monoisotopic (exact) mass is 346 g/mol. The molecule has 0 radical (unpaired) electrons. The number of rotatable bonds is 5. The number of hydrogen-bond donors (Lipinski definition) is 1. The third-order valence-corrected chi connectivity index (χ3v) is 3.71. The van der Waals surface area contributed by atoms with Gasteiger partial charge in [0.15, 0.2) is 11.5 Å². The second-order valence-corrected chi connectivity index (χ2v) is 5.16. The summed E-state index contributed by atoms with van der Waals surface area (Å²) in [4.78, 5) is 0. The first kappa shape index (κ1) is 15.2. The highest BCUT2D eigenvalue weighted by atomic mass is 79.9. The summed E-state index contributed by atoms with van der Waals surface area (Å²) >= 11 is 3.48. The number of hydrogen-bond acceptors (Lipinski definition) is 4. The zero-order valence-electron chi connectivity index (χ0n) is 11.8. The molecule has 2 rings (SSSR count). The highest BCUT2D eigenvalue weighted by Crippen LogP contribution is 2.36. The van der Waals surface area contributed by atoms with E-state index in [1.165, 1.54) is 0 Å². The Morgan fingerprint density at radius 3 is 2.29 bits per heavy atom. The van der Waals surface area contributed by atoms with Crippen molar-refractivity contribution < 1.29 is 9.47 Å². The summed E-state index contributed by atoms with van der Waals surface area (Å²) in [7, 11) is 3.15. The molecule has 0 aromatic heterocycles. The molecule has 0 fully saturated rings. The van der Waals surface area contributed by atoms with Crippen molar-refractivity contribution >= 4 is 21.6 Å². The Kier molecular flexibility index (Phi) is 5.07. The Bertz CT molecular complexity index is 653. The van der Waals surface area contributed by atoms with Crippen LogP contribution < -0.4 is 14.8 Å². The number of halogens is 1. The van der Waals surface area contributed by atoms with Gasteiger partial charge in [0.25, 0.3) is 0 Å². The Labute approximate surface area is 132 Å². The molecule has 0 saturated heterocycles. The molecule has 0 spiro atoms. The first-order chi connectivity index (χ1) is 10.2. The standard InChI is InChI=1S/C16H15BrN2O2/c1-20-15-8-12(13(17)9-16(15)21-2)14(10-18)19-11-6-4-3-5-7-11/h3-9,14,19H,1-2H3. The zero-order chi connectivity index (χ0) is 15.2. The maximum absolute atomic E-state index is 9.45. The molecular formula is C16H15BrN2O2. The molecule has 108 valence electrons. The molecule has 0 aliphatic heterocycles. The number of nitrogens with one attached hydrogen (secondary N) is 1. The maximum atomic E-state index is 9.45. The van der Waals surface area contributed by atoms with Crippen LogP contribution in [0.2, 0.25) is 0 Å². The number of anilines is 1. The average molecular weight is 347 g/mol. The van der Waals surface area contributed by atoms with E-state index >= 15 is 0 Å². The zero-order valence-corrected chi connectivity index (χ0v) is 13.3. The fourth-order valence-electron chi connectivity index (χ4n) is 1.97. The van der Waals surface area contributed by atoms with Gasteiger partial charge in [-0.05, 0) is 24.3 Å². The van der Waals surface area contributed by atoms with E-state index in [0.717, 1.165) is 15.7 Å². The van der Waals surface area contributed by atoms with Crippen LogP contribution in [0.25, 0.3) is 0 Å². The maximum Gasteiger partial charge on any atom is 0.161 e. The van der Waals surface area contributed by atoms with Crippen LogP contribution >= 0.6 is 15.9 Å². The number of nitriles is 1. The molecule has 0 amide bonds. The van der Waals surface area contributed by atoms with Crippen molar-refractivity contribution in [3.8, 4) is 17.6 Å². The lowest BCUT2D eigenvalue weighted by molar-refractivity contribution is 0.354. The lowest BCUT2D eigenvalue weighted by Gasteiger charge is -2.17. The summed E-state index contributed by atoms with van der Waals surface area (Å²) in [5, 5.41) is 12.6. The van der Waals surface area contributed by atoms with Crippen molar-refractivity contribution in [1.82, 2.24) is 0 Å². The predicted molar refractivity (Wildman–Crippen MR) is 85.7 cm³/mol. The molecule has 21 heavy (non-hydrogen) atoms. The van der Waals surface area contributed by atoms with Crippen molar-refractivity contribution in [1.29, 1.82) is 5.26 Å². The fraction of sp³-hybridized carbons (Fsp3) is 0.188. The van der Waals surface area contributed by atoms with Gasteiger partial charge >= 0.3 is 0 Å². The Morgan fingerprint density at radius 1 is 1.10 bits per heavy atom. The molecule has 5 heteroatoms. The van der Waals surface area contributed by atoms with E-state index in [1.807, 2.05) is 30.3 Å². The van der Waals surface area contributed by atoms with E-state index in [4.69, 9.17) is 9.47 Å². The summed E-state index contributed by atoms with van der Waals surface area (Å²) in [6.07, 6.45) is 0. The quantitative estimate of drug-likeness (QED) is 0.883. The molecule has 0 heterocycles. The third-order valence-electron chi connectivity index (χ3n) is 3.03. The third kappa shape index (κ3) is 3.47. The van der Waals surface area contributed by atoms with Gasteiger partial charge in [0.05, 0.1) is 20.3 Å². The molecule has 2 aromatic rings. The normalized spacial score (nSPS) is 11.3. The molecule has 1 N–H and O–H groups in total. The van der Waals surface area contributed by atoms with Crippen molar-refractivity contribution in [3.63, 3.8) is 0 Å². The van der Waals surface area contributed by atoms with E-state index in [1.54, 1.807) is 26.4 Å². The van der Waals surface area contributed by atoms with Gasteiger partial charge in [-0.2, -0.15) is 5.26 Å². The van der Waals surface area contributed by atoms with Gasteiger partial charge in [-0.15, -0.1) is 0 Å². The van der Waals surface area contributed by atoms with Gasteiger partial charge in [0.2, 0.25) is 0 Å². The summed E-state index contributed by atoms with van der Waals surface area (Å²) < 4.78 is 11.3. The molecule has 0 aliphatic rings. The second-order valence-electron chi connectivity index (χ2n) is 4.30. The SMILES string of the molecule is COc1cc(Br)c(C(C#N)Nc2ccccc2)cc1OC. The average Bonchev–Trinajstić information content (AvgIpc) is 2.53. The Morgan fingerprint density at radius 2 is 1.71 bits per heavy atom. The van der Waals surface area contributed by atoms with E-state index in [2.05, 4.69) is 27.3 Å². The summed E-state index contributed by atoms with van der Waals surface area (Å²) in [6.45, 7) is 0. The molecule has 4 nitrogen and oxygen atoms in total. The van der Waals surface area contributed by atoms with Crippen LogP contribution in [-0.2, 0) is 0 Å². The minimum absolute atomic E-state index is 0.499. The van der Waals surface area contributed by atoms with E-state index in [9.17, 15) is 5.26 Å². The molecule has 2 aromatic carbocycles. The minimum atomic E-state index is -0.499. The largest absolute Gasteiger partial charge is 0.493 e.